The number of nitrogens with two attached hydrogens (primary N) is 1. The van der Waals surface area contributed by atoms with E-state index in [0.717, 1.165) is 25.9 Å². The van der Waals surface area contributed by atoms with Gasteiger partial charge in [-0.3, -0.25) is 0 Å². The van der Waals surface area contributed by atoms with E-state index in [0.29, 0.717) is 12.5 Å². The predicted octanol–water partition coefficient (Wildman–Crippen LogP) is 0.814. The summed E-state index contributed by atoms with van der Waals surface area (Å²) in [6, 6.07) is 0. The summed E-state index contributed by atoms with van der Waals surface area (Å²) in [7, 11) is 1.43. The summed E-state index contributed by atoms with van der Waals surface area (Å²) in [5.41, 5.74) is 5.48. The van der Waals surface area contributed by atoms with Crippen molar-refractivity contribution in [2.24, 2.45) is 11.7 Å². The second kappa shape index (κ2) is 5.07. The fourth-order valence-corrected chi connectivity index (χ4v) is 1.83. The zero-order valence-corrected chi connectivity index (χ0v) is 8.16. The van der Waals surface area contributed by atoms with E-state index in [9.17, 15) is 4.79 Å². The number of hydrogen-bond acceptors (Lipinski definition) is 3. The summed E-state index contributed by atoms with van der Waals surface area (Å²) in [5, 5.41) is 0. The first-order valence-corrected chi connectivity index (χ1v) is 4.81. The first-order valence-electron chi connectivity index (χ1n) is 4.81. The number of amides is 1. The van der Waals surface area contributed by atoms with Gasteiger partial charge in [0.1, 0.15) is 0 Å². The molecule has 1 unspecified atom stereocenters. The summed E-state index contributed by atoms with van der Waals surface area (Å²) < 4.78 is 4.67. The number of nitrogens with zero attached hydrogens (tertiary/aromatic N) is 1. The molecule has 1 aliphatic rings. The molecule has 1 heterocycles. The molecule has 0 aliphatic carbocycles. The highest BCUT2D eigenvalue weighted by Crippen LogP contribution is 2.19. The molecule has 0 aromatic carbocycles. The minimum atomic E-state index is -0.207. The average Bonchev–Trinajstić information content (AvgIpc) is 2.18. The molecule has 0 aromatic heterocycles. The van der Waals surface area contributed by atoms with Crippen LogP contribution in [-0.4, -0.2) is 37.7 Å². The molecule has 0 bridgehead atoms. The Morgan fingerprint density at radius 2 is 2.46 bits per heavy atom. The topological polar surface area (TPSA) is 55.6 Å². The van der Waals surface area contributed by atoms with Gasteiger partial charge in [-0.25, -0.2) is 4.79 Å². The molecular formula is C9H18N2O2. The number of hydrogen-bond donors (Lipinski definition) is 1. The Hall–Kier alpha value is -0.770. The molecule has 0 spiro atoms. The molecule has 76 valence electrons. The number of carbonyl (C=O) groups is 1. The first kappa shape index (κ1) is 10.3. The van der Waals surface area contributed by atoms with Crippen molar-refractivity contribution >= 4 is 6.09 Å². The fraction of sp³-hybridized carbons (Fsp3) is 0.889. The van der Waals surface area contributed by atoms with Crippen LogP contribution in [0.5, 0.6) is 0 Å². The molecule has 0 saturated carbocycles. The minimum absolute atomic E-state index is 0.207. The van der Waals surface area contributed by atoms with E-state index in [1.54, 1.807) is 4.90 Å². The molecule has 1 saturated heterocycles. The third kappa shape index (κ3) is 2.88. The van der Waals surface area contributed by atoms with Gasteiger partial charge in [-0.05, 0) is 31.7 Å². The highest BCUT2D eigenvalue weighted by atomic mass is 16.5. The van der Waals surface area contributed by atoms with Crippen molar-refractivity contribution in [2.75, 3.05) is 26.7 Å². The third-order valence-corrected chi connectivity index (χ3v) is 2.53. The minimum Gasteiger partial charge on any atom is -0.453 e. The lowest BCUT2D eigenvalue weighted by atomic mass is 9.95. The van der Waals surface area contributed by atoms with Crippen molar-refractivity contribution < 1.29 is 9.53 Å². The molecule has 0 radical (unpaired) electrons. The van der Waals surface area contributed by atoms with E-state index in [-0.39, 0.29) is 6.09 Å². The predicted molar refractivity (Wildman–Crippen MR) is 50.4 cm³/mol. The van der Waals surface area contributed by atoms with Gasteiger partial charge in [-0.15, -0.1) is 0 Å². The van der Waals surface area contributed by atoms with Gasteiger partial charge in [-0.1, -0.05) is 0 Å². The van der Waals surface area contributed by atoms with Crippen LogP contribution in [0.15, 0.2) is 0 Å². The molecule has 13 heavy (non-hydrogen) atoms. The van der Waals surface area contributed by atoms with E-state index >= 15 is 0 Å². The number of ether oxygens (including phenoxy) is 1. The maximum atomic E-state index is 11.2. The standard InChI is InChI=1S/C9H18N2O2/c1-13-9(12)11-6-2-3-8(7-11)4-5-10/h8H,2-7,10H2,1H3. The van der Waals surface area contributed by atoms with Crippen LogP contribution in [0, 0.1) is 5.92 Å². The molecule has 4 heteroatoms. The second-order valence-corrected chi connectivity index (χ2v) is 3.50. The Balaban J connectivity index is 2.37. The van der Waals surface area contributed by atoms with Crippen LogP contribution >= 0.6 is 0 Å². The van der Waals surface area contributed by atoms with Crippen LogP contribution in [0.2, 0.25) is 0 Å². The SMILES string of the molecule is COC(=O)N1CCCC(CCN)C1. The second-order valence-electron chi connectivity index (χ2n) is 3.50. The van der Waals surface area contributed by atoms with Crippen molar-refractivity contribution in [3.63, 3.8) is 0 Å². The Bertz CT molecular complexity index is 171. The lowest BCUT2D eigenvalue weighted by Gasteiger charge is -2.31. The first-order chi connectivity index (χ1) is 6.27. The zero-order chi connectivity index (χ0) is 9.68. The van der Waals surface area contributed by atoms with Gasteiger partial charge in [0.15, 0.2) is 0 Å². The van der Waals surface area contributed by atoms with E-state index < -0.39 is 0 Å². The number of methoxy groups -OCH3 is 1. The Morgan fingerprint density at radius 3 is 3.08 bits per heavy atom. The largest absolute Gasteiger partial charge is 0.453 e. The maximum absolute atomic E-state index is 11.2. The lowest BCUT2D eigenvalue weighted by molar-refractivity contribution is 0.101. The zero-order valence-electron chi connectivity index (χ0n) is 8.16. The van der Waals surface area contributed by atoms with Gasteiger partial charge in [0.2, 0.25) is 0 Å². The quantitative estimate of drug-likeness (QED) is 0.694. The van der Waals surface area contributed by atoms with Gasteiger partial charge < -0.3 is 15.4 Å². The van der Waals surface area contributed by atoms with Crippen LogP contribution in [0.1, 0.15) is 19.3 Å². The van der Waals surface area contributed by atoms with Gasteiger partial charge in [0, 0.05) is 13.1 Å². The van der Waals surface area contributed by atoms with Gasteiger partial charge in [-0.2, -0.15) is 0 Å². The molecule has 1 aliphatic heterocycles. The van der Waals surface area contributed by atoms with Crippen LogP contribution < -0.4 is 5.73 Å². The maximum Gasteiger partial charge on any atom is 0.409 e. The third-order valence-electron chi connectivity index (χ3n) is 2.53. The van der Waals surface area contributed by atoms with Crippen molar-refractivity contribution in [1.82, 2.24) is 4.90 Å². The van der Waals surface area contributed by atoms with E-state index in [2.05, 4.69) is 4.74 Å². The average molecular weight is 186 g/mol. The molecule has 4 nitrogen and oxygen atoms in total. The summed E-state index contributed by atoms with van der Waals surface area (Å²) in [4.78, 5) is 13.0. The van der Waals surface area contributed by atoms with Crippen molar-refractivity contribution in [2.45, 2.75) is 19.3 Å². The molecule has 0 aromatic rings. The van der Waals surface area contributed by atoms with E-state index in [4.69, 9.17) is 5.73 Å². The van der Waals surface area contributed by atoms with Crippen LogP contribution in [0.25, 0.3) is 0 Å². The van der Waals surface area contributed by atoms with Crippen LogP contribution in [0.4, 0.5) is 4.79 Å². The molecule has 1 fully saturated rings. The molecule has 1 amide bonds. The Morgan fingerprint density at radius 1 is 1.69 bits per heavy atom. The van der Waals surface area contributed by atoms with Crippen LogP contribution in [-0.2, 0) is 4.74 Å². The van der Waals surface area contributed by atoms with Crippen molar-refractivity contribution in [1.29, 1.82) is 0 Å². The Labute approximate surface area is 79.0 Å². The summed E-state index contributed by atoms with van der Waals surface area (Å²) in [6.07, 6.45) is 3.06. The summed E-state index contributed by atoms with van der Waals surface area (Å²) in [5.74, 6) is 0.567. The highest BCUT2D eigenvalue weighted by Gasteiger charge is 2.23. The molecule has 2 N–H and O–H groups in total. The van der Waals surface area contributed by atoms with Crippen molar-refractivity contribution in [3.8, 4) is 0 Å². The number of rotatable bonds is 2. The molecular weight excluding hydrogens is 168 g/mol. The van der Waals surface area contributed by atoms with Crippen molar-refractivity contribution in [3.05, 3.63) is 0 Å². The monoisotopic (exact) mass is 186 g/mol. The van der Waals surface area contributed by atoms with Crippen LogP contribution in [0.3, 0.4) is 0 Å². The number of piperidine rings is 1. The Kier molecular flexibility index (Phi) is 4.02. The fourth-order valence-electron chi connectivity index (χ4n) is 1.83. The summed E-state index contributed by atoms with van der Waals surface area (Å²) in [6.45, 7) is 2.34. The van der Waals surface area contributed by atoms with E-state index in [1.807, 2.05) is 0 Å². The molecule has 1 atom stereocenters. The number of likely N-dealkylation sites (tertiary alicyclic amines) is 1. The van der Waals surface area contributed by atoms with Gasteiger partial charge >= 0.3 is 6.09 Å². The smallest absolute Gasteiger partial charge is 0.409 e. The van der Waals surface area contributed by atoms with E-state index in [1.165, 1.54) is 13.5 Å². The highest BCUT2D eigenvalue weighted by molar-refractivity contribution is 5.67. The molecule has 1 rings (SSSR count). The lowest BCUT2D eigenvalue weighted by Crippen LogP contribution is -2.40. The number of carbonyl (C=O) groups excluding carboxylic acids is 1. The normalized spacial score (nSPS) is 22.9. The summed E-state index contributed by atoms with van der Waals surface area (Å²) >= 11 is 0. The van der Waals surface area contributed by atoms with Gasteiger partial charge in [0.05, 0.1) is 7.11 Å². The van der Waals surface area contributed by atoms with Gasteiger partial charge in [0.25, 0.3) is 0 Å².